The summed E-state index contributed by atoms with van der Waals surface area (Å²) < 4.78 is 3.89. The van der Waals surface area contributed by atoms with Gasteiger partial charge < -0.3 is 5.73 Å². The number of nitrogens with zero attached hydrogens (tertiary/aromatic N) is 3. The van der Waals surface area contributed by atoms with Crippen LogP contribution in [0.5, 0.6) is 0 Å². The van der Waals surface area contributed by atoms with Crippen molar-refractivity contribution >= 4 is 27.9 Å². The first-order valence-electron chi connectivity index (χ1n) is 5.65. The highest BCUT2D eigenvalue weighted by atomic mass is 32.1. The normalized spacial score (nSPS) is 15.6. The SMILES string of the molecule is Nc1snnc1CN(Cc1ccsc1)C1CC1. The van der Waals surface area contributed by atoms with E-state index in [1.165, 1.54) is 29.9 Å². The molecule has 1 aliphatic rings. The van der Waals surface area contributed by atoms with E-state index in [9.17, 15) is 0 Å². The third-order valence-electron chi connectivity index (χ3n) is 2.97. The second-order valence-corrected chi connectivity index (χ2v) is 5.92. The molecule has 0 saturated heterocycles. The van der Waals surface area contributed by atoms with Gasteiger partial charge in [0.2, 0.25) is 0 Å². The van der Waals surface area contributed by atoms with Crippen LogP contribution in [0.3, 0.4) is 0 Å². The van der Waals surface area contributed by atoms with Crippen LogP contribution >= 0.6 is 22.9 Å². The first-order valence-corrected chi connectivity index (χ1v) is 7.36. The van der Waals surface area contributed by atoms with E-state index in [-0.39, 0.29) is 0 Å². The molecule has 0 spiro atoms. The third kappa shape index (κ3) is 2.65. The van der Waals surface area contributed by atoms with Crippen molar-refractivity contribution in [3.8, 4) is 0 Å². The highest BCUT2D eigenvalue weighted by Crippen LogP contribution is 2.31. The summed E-state index contributed by atoms with van der Waals surface area (Å²) in [6, 6.07) is 2.89. The van der Waals surface area contributed by atoms with Crippen LogP contribution in [0.15, 0.2) is 16.8 Å². The van der Waals surface area contributed by atoms with E-state index in [2.05, 4.69) is 31.3 Å². The summed E-state index contributed by atoms with van der Waals surface area (Å²) in [5.41, 5.74) is 8.16. The van der Waals surface area contributed by atoms with Gasteiger partial charge in [-0.3, -0.25) is 4.90 Å². The molecule has 90 valence electrons. The molecule has 0 aromatic carbocycles. The Balaban J connectivity index is 1.70. The lowest BCUT2D eigenvalue weighted by molar-refractivity contribution is 0.243. The summed E-state index contributed by atoms with van der Waals surface area (Å²) in [7, 11) is 0. The molecule has 4 nitrogen and oxygen atoms in total. The fourth-order valence-electron chi connectivity index (χ4n) is 1.89. The average Bonchev–Trinajstić information content (AvgIpc) is 2.91. The Hall–Kier alpha value is -0.980. The van der Waals surface area contributed by atoms with Crippen LogP contribution in [-0.4, -0.2) is 20.5 Å². The molecule has 0 aliphatic heterocycles. The van der Waals surface area contributed by atoms with Gasteiger partial charge in [-0.05, 0) is 35.2 Å². The van der Waals surface area contributed by atoms with E-state index < -0.39 is 0 Å². The minimum atomic E-state index is 0.705. The summed E-state index contributed by atoms with van der Waals surface area (Å²) in [4.78, 5) is 2.45. The number of nitrogen functional groups attached to an aromatic ring is 1. The largest absolute Gasteiger partial charge is 0.388 e. The standard InChI is InChI=1S/C11H14N4S2/c12-11-10(13-14-17-11)6-15(9-1-2-9)5-8-3-4-16-7-8/h3-4,7,9H,1-2,5-6,12H2. The third-order valence-corrected chi connectivity index (χ3v) is 4.29. The molecule has 1 fully saturated rings. The molecule has 2 aromatic heterocycles. The highest BCUT2D eigenvalue weighted by molar-refractivity contribution is 7.09. The zero-order valence-corrected chi connectivity index (χ0v) is 11.0. The van der Waals surface area contributed by atoms with Gasteiger partial charge in [0.1, 0.15) is 10.7 Å². The second kappa shape index (κ2) is 4.72. The molecular formula is C11H14N4S2. The average molecular weight is 266 g/mol. The van der Waals surface area contributed by atoms with Gasteiger partial charge in [-0.2, -0.15) is 11.3 Å². The van der Waals surface area contributed by atoms with Crippen molar-refractivity contribution in [2.45, 2.75) is 32.0 Å². The Labute approximate surface area is 108 Å². The van der Waals surface area contributed by atoms with Crippen molar-refractivity contribution < 1.29 is 0 Å². The van der Waals surface area contributed by atoms with Crippen molar-refractivity contribution in [3.05, 3.63) is 28.1 Å². The van der Waals surface area contributed by atoms with Crippen LogP contribution in [0.2, 0.25) is 0 Å². The Morgan fingerprint density at radius 1 is 1.41 bits per heavy atom. The Morgan fingerprint density at radius 3 is 2.88 bits per heavy atom. The lowest BCUT2D eigenvalue weighted by Gasteiger charge is -2.20. The first-order chi connectivity index (χ1) is 8.33. The molecule has 0 bridgehead atoms. The van der Waals surface area contributed by atoms with Crippen LogP contribution < -0.4 is 5.73 Å². The maximum absolute atomic E-state index is 5.85. The number of hydrogen-bond acceptors (Lipinski definition) is 6. The number of thiophene rings is 1. The monoisotopic (exact) mass is 266 g/mol. The zero-order valence-electron chi connectivity index (χ0n) is 9.37. The van der Waals surface area contributed by atoms with Gasteiger partial charge in [0, 0.05) is 30.7 Å². The zero-order chi connectivity index (χ0) is 11.7. The van der Waals surface area contributed by atoms with Crippen LogP contribution in [0.1, 0.15) is 24.1 Å². The van der Waals surface area contributed by atoms with E-state index in [4.69, 9.17) is 5.73 Å². The van der Waals surface area contributed by atoms with Crippen LogP contribution in [0, 0.1) is 0 Å². The number of aromatic nitrogens is 2. The lowest BCUT2D eigenvalue weighted by atomic mass is 10.3. The van der Waals surface area contributed by atoms with Gasteiger partial charge in [0.05, 0.1) is 0 Å². The van der Waals surface area contributed by atoms with Gasteiger partial charge in [0.25, 0.3) is 0 Å². The topological polar surface area (TPSA) is 55.0 Å². The number of hydrogen-bond donors (Lipinski definition) is 1. The number of nitrogens with two attached hydrogens (primary N) is 1. The Bertz CT molecular complexity index is 475. The maximum atomic E-state index is 5.85. The van der Waals surface area contributed by atoms with E-state index in [0.717, 1.165) is 23.8 Å². The summed E-state index contributed by atoms with van der Waals surface area (Å²) in [5.74, 6) is 0. The summed E-state index contributed by atoms with van der Waals surface area (Å²) in [6.45, 7) is 1.81. The van der Waals surface area contributed by atoms with Gasteiger partial charge in [0.15, 0.2) is 0 Å². The van der Waals surface area contributed by atoms with Crippen molar-refractivity contribution in [2.75, 3.05) is 5.73 Å². The maximum Gasteiger partial charge on any atom is 0.132 e. The fourth-order valence-corrected chi connectivity index (χ4v) is 2.99. The molecule has 1 aliphatic carbocycles. The Kier molecular flexibility index (Phi) is 3.09. The van der Waals surface area contributed by atoms with Gasteiger partial charge >= 0.3 is 0 Å². The number of anilines is 1. The smallest absolute Gasteiger partial charge is 0.132 e. The predicted molar refractivity (Wildman–Crippen MR) is 70.9 cm³/mol. The summed E-state index contributed by atoms with van der Waals surface area (Å²) >= 11 is 3.03. The van der Waals surface area contributed by atoms with Gasteiger partial charge in [-0.15, -0.1) is 5.10 Å². The van der Waals surface area contributed by atoms with Crippen LogP contribution in [0.25, 0.3) is 0 Å². The molecule has 0 radical (unpaired) electrons. The van der Waals surface area contributed by atoms with Crippen molar-refractivity contribution in [1.82, 2.24) is 14.5 Å². The highest BCUT2D eigenvalue weighted by Gasteiger charge is 2.30. The molecule has 0 atom stereocenters. The molecule has 17 heavy (non-hydrogen) atoms. The van der Waals surface area contributed by atoms with Gasteiger partial charge in [-0.25, -0.2) is 0 Å². The van der Waals surface area contributed by atoms with Gasteiger partial charge in [-0.1, -0.05) is 4.49 Å². The quantitative estimate of drug-likeness (QED) is 0.902. The first kappa shape index (κ1) is 11.1. The van der Waals surface area contributed by atoms with E-state index in [0.29, 0.717) is 6.04 Å². The van der Waals surface area contributed by atoms with Crippen molar-refractivity contribution in [2.24, 2.45) is 0 Å². The molecule has 2 N–H and O–H groups in total. The van der Waals surface area contributed by atoms with E-state index in [1.54, 1.807) is 11.3 Å². The second-order valence-electron chi connectivity index (χ2n) is 4.35. The minimum Gasteiger partial charge on any atom is -0.388 e. The Morgan fingerprint density at radius 2 is 2.29 bits per heavy atom. The number of rotatable bonds is 5. The molecular weight excluding hydrogens is 252 g/mol. The molecule has 0 amide bonds. The molecule has 3 rings (SSSR count). The summed E-state index contributed by atoms with van der Waals surface area (Å²) in [6.07, 6.45) is 2.59. The van der Waals surface area contributed by atoms with Crippen LogP contribution in [0.4, 0.5) is 5.00 Å². The van der Waals surface area contributed by atoms with Crippen LogP contribution in [-0.2, 0) is 13.1 Å². The molecule has 0 unspecified atom stereocenters. The van der Waals surface area contributed by atoms with Crippen molar-refractivity contribution in [1.29, 1.82) is 0 Å². The molecule has 1 saturated carbocycles. The predicted octanol–water partition coefficient (Wildman–Crippen LogP) is 2.35. The lowest BCUT2D eigenvalue weighted by Crippen LogP contribution is -2.25. The summed E-state index contributed by atoms with van der Waals surface area (Å²) in [5, 5.41) is 9.18. The molecule has 2 heterocycles. The minimum absolute atomic E-state index is 0.705. The van der Waals surface area contributed by atoms with Crippen molar-refractivity contribution in [3.63, 3.8) is 0 Å². The molecule has 6 heteroatoms. The van der Waals surface area contributed by atoms with E-state index >= 15 is 0 Å². The fraction of sp³-hybridized carbons (Fsp3) is 0.455. The van der Waals surface area contributed by atoms with E-state index in [1.807, 2.05) is 0 Å². The molecule has 2 aromatic rings.